The highest BCUT2D eigenvalue weighted by molar-refractivity contribution is 6.42. The first kappa shape index (κ1) is 27.5. The summed E-state index contributed by atoms with van der Waals surface area (Å²) in [7, 11) is -0.278. The molecule has 0 atom stereocenters. The largest absolute Gasteiger partial charge is 0.455 e. The Labute approximate surface area is 231 Å². The van der Waals surface area contributed by atoms with Gasteiger partial charge in [0.15, 0.2) is 0 Å². The normalized spacial score (nSPS) is 11.5. The quantitative estimate of drug-likeness (QED) is 0.0841. The monoisotopic (exact) mass is 542 g/mol. The molecule has 38 heavy (non-hydrogen) atoms. The van der Waals surface area contributed by atoms with E-state index in [-0.39, 0.29) is 31.6 Å². The Morgan fingerprint density at radius 1 is 0.368 bits per heavy atom. The van der Waals surface area contributed by atoms with Gasteiger partial charge in [-0.25, -0.2) is 0 Å². The number of para-hydroxylation sites is 4. The van der Waals surface area contributed by atoms with Gasteiger partial charge < -0.3 is 18.9 Å². The van der Waals surface area contributed by atoms with Crippen molar-refractivity contribution in [2.24, 2.45) is 0 Å². The van der Waals surface area contributed by atoms with Crippen molar-refractivity contribution in [3.63, 3.8) is 0 Å². The van der Waals surface area contributed by atoms with Crippen LogP contribution >= 0.6 is 0 Å². The van der Waals surface area contributed by atoms with Crippen LogP contribution in [0.4, 0.5) is 0 Å². The van der Waals surface area contributed by atoms with Crippen LogP contribution in [0.15, 0.2) is 121 Å². The maximum absolute atomic E-state index is 6.17. The minimum atomic E-state index is -0.254. The lowest BCUT2D eigenvalue weighted by molar-refractivity contribution is 0.00295. The highest BCUT2D eigenvalue weighted by Crippen LogP contribution is 2.20. The fraction of sp³-hybridized carbons (Fsp3) is 0.250. The molecular formula is C32H38O4Si2. The molecule has 0 aliphatic heterocycles. The second kappa shape index (κ2) is 16.4. The van der Waals surface area contributed by atoms with Gasteiger partial charge in [0.2, 0.25) is 12.6 Å². The average molecular weight is 543 g/mol. The SMILES string of the molecule is c1ccc(OC(CC[SiH2]CC[SiH2]CCC(Oc2ccccc2)Oc2ccccc2)Oc2ccccc2)cc1. The van der Waals surface area contributed by atoms with Crippen LogP contribution in [0.25, 0.3) is 0 Å². The summed E-state index contributed by atoms with van der Waals surface area (Å²) in [5.74, 6) is 3.42. The molecule has 6 heteroatoms. The van der Waals surface area contributed by atoms with Crippen molar-refractivity contribution >= 4 is 19.0 Å². The minimum Gasteiger partial charge on any atom is -0.455 e. The van der Waals surface area contributed by atoms with Crippen molar-refractivity contribution in [1.82, 2.24) is 0 Å². The predicted molar refractivity (Wildman–Crippen MR) is 161 cm³/mol. The molecule has 0 radical (unpaired) electrons. The lowest BCUT2D eigenvalue weighted by Crippen LogP contribution is -2.24. The molecule has 0 saturated heterocycles. The zero-order valence-corrected chi connectivity index (χ0v) is 24.8. The molecule has 0 amide bonds. The van der Waals surface area contributed by atoms with Gasteiger partial charge in [-0.3, -0.25) is 0 Å². The Hall–Kier alpha value is -3.49. The Morgan fingerprint density at radius 2 is 0.632 bits per heavy atom. The molecule has 4 rings (SSSR count). The van der Waals surface area contributed by atoms with Crippen LogP contribution in [-0.2, 0) is 0 Å². The number of hydrogen-bond donors (Lipinski definition) is 0. The molecule has 4 aromatic carbocycles. The molecule has 0 bridgehead atoms. The highest BCUT2D eigenvalue weighted by atomic mass is 28.2. The van der Waals surface area contributed by atoms with Gasteiger partial charge in [-0.15, -0.1) is 0 Å². The van der Waals surface area contributed by atoms with Gasteiger partial charge in [-0.2, -0.15) is 0 Å². The smallest absolute Gasteiger partial charge is 0.240 e. The van der Waals surface area contributed by atoms with Gasteiger partial charge in [-0.1, -0.05) is 97.0 Å². The summed E-state index contributed by atoms with van der Waals surface area (Å²) in [5, 5.41) is 0. The number of benzene rings is 4. The van der Waals surface area contributed by atoms with Crippen LogP contribution in [0.2, 0.25) is 24.2 Å². The Balaban J connectivity index is 1.16. The summed E-state index contributed by atoms with van der Waals surface area (Å²) < 4.78 is 24.7. The summed E-state index contributed by atoms with van der Waals surface area (Å²) >= 11 is 0. The van der Waals surface area contributed by atoms with E-state index in [9.17, 15) is 0 Å². The zero-order chi connectivity index (χ0) is 26.1. The van der Waals surface area contributed by atoms with Gasteiger partial charge in [0.25, 0.3) is 0 Å². The molecule has 4 aromatic rings. The maximum Gasteiger partial charge on any atom is 0.240 e. The van der Waals surface area contributed by atoms with Crippen molar-refractivity contribution in [2.45, 2.75) is 49.6 Å². The molecule has 0 saturated carbocycles. The van der Waals surface area contributed by atoms with Crippen LogP contribution in [0, 0.1) is 0 Å². The van der Waals surface area contributed by atoms with Crippen molar-refractivity contribution in [3.8, 4) is 23.0 Å². The van der Waals surface area contributed by atoms with Crippen molar-refractivity contribution in [1.29, 1.82) is 0 Å². The molecule has 0 heterocycles. The third-order valence-electron chi connectivity index (χ3n) is 6.17. The molecule has 0 spiro atoms. The Kier molecular flexibility index (Phi) is 11.9. The number of rotatable bonds is 17. The first-order valence-electron chi connectivity index (χ1n) is 13.7. The minimum absolute atomic E-state index is 0.139. The van der Waals surface area contributed by atoms with E-state index in [2.05, 4.69) is 0 Å². The fourth-order valence-corrected chi connectivity index (χ4v) is 9.00. The first-order chi connectivity index (χ1) is 18.8. The summed E-state index contributed by atoms with van der Waals surface area (Å²) in [5.41, 5.74) is 0. The predicted octanol–water partition coefficient (Wildman–Crippen LogP) is 6.75. The fourth-order valence-electron chi connectivity index (χ4n) is 4.22. The van der Waals surface area contributed by atoms with Crippen LogP contribution in [0.3, 0.4) is 0 Å². The van der Waals surface area contributed by atoms with E-state index in [0.29, 0.717) is 0 Å². The van der Waals surface area contributed by atoms with Gasteiger partial charge in [0.1, 0.15) is 23.0 Å². The van der Waals surface area contributed by atoms with Crippen molar-refractivity contribution in [2.75, 3.05) is 0 Å². The Morgan fingerprint density at radius 3 is 0.895 bits per heavy atom. The van der Waals surface area contributed by atoms with Crippen molar-refractivity contribution in [3.05, 3.63) is 121 Å². The standard InChI is InChI=1S/C32H38O4Si2/c1-5-13-27(14-6-1)33-31(34-28-15-7-2-8-16-28)21-23-37-25-26-38-24-22-32(35-29-17-9-3-10-18-29)36-30-19-11-4-12-20-30/h1-20,31-32H,21-26,37-38H2. The average Bonchev–Trinajstić information content (AvgIpc) is 2.96. The third-order valence-corrected chi connectivity index (χ3v) is 11.0. The molecular weight excluding hydrogens is 505 g/mol. The van der Waals surface area contributed by atoms with E-state index < -0.39 is 0 Å². The summed E-state index contributed by atoms with van der Waals surface area (Å²) in [6.45, 7) is 0. The second-order valence-corrected chi connectivity index (χ2v) is 13.5. The number of ether oxygens (including phenoxy) is 4. The third kappa shape index (κ3) is 10.5. The molecule has 0 N–H and O–H groups in total. The van der Waals surface area contributed by atoms with E-state index in [1.165, 1.54) is 24.2 Å². The van der Waals surface area contributed by atoms with Crippen molar-refractivity contribution < 1.29 is 18.9 Å². The summed E-state index contributed by atoms with van der Waals surface area (Å²) in [6.07, 6.45) is 1.34. The van der Waals surface area contributed by atoms with Gasteiger partial charge >= 0.3 is 0 Å². The summed E-state index contributed by atoms with van der Waals surface area (Å²) in [6, 6.07) is 45.1. The molecule has 0 unspecified atom stereocenters. The van der Waals surface area contributed by atoms with Gasteiger partial charge in [0.05, 0.1) is 0 Å². The summed E-state index contributed by atoms with van der Waals surface area (Å²) in [4.78, 5) is 0. The lowest BCUT2D eigenvalue weighted by atomic mass is 10.3. The zero-order valence-electron chi connectivity index (χ0n) is 22.0. The molecule has 0 aliphatic carbocycles. The van der Waals surface area contributed by atoms with Crippen LogP contribution in [0.1, 0.15) is 12.8 Å². The van der Waals surface area contributed by atoms with Crippen LogP contribution in [-0.4, -0.2) is 31.6 Å². The molecule has 0 fully saturated rings. The first-order valence-corrected chi connectivity index (χ1v) is 17.7. The van der Waals surface area contributed by atoms with Gasteiger partial charge in [-0.05, 0) is 48.5 Å². The van der Waals surface area contributed by atoms with E-state index in [1.807, 2.05) is 121 Å². The molecule has 4 nitrogen and oxygen atoms in total. The van der Waals surface area contributed by atoms with Crippen LogP contribution in [0.5, 0.6) is 23.0 Å². The Bertz CT molecular complexity index is 955. The highest BCUT2D eigenvalue weighted by Gasteiger charge is 2.14. The van der Waals surface area contributed by atoms with Gasteiger partial charge in [0, 0.05) is 31.9 Å². The lowest BCUT2D eigenvalue weighted by Gasteiger charge is -2.21. The van der Waals surface area contributed by atoms with Crippen LogP contribution < -0.4 is 18.9 Å². The maximum atomic E-state index is 6.17. The molecule has 198 valence electrons. The van der Waals surface area contributed by atoms with E-state index in [0.717, 1.165) is 35.8 Å². The molecule has 0 aliphatic rings. The molecule has 0 aromatic heterocycles. The van der Waals surface area contributed by atoms with E-state index in [4.69, 9.17) is 18.9 Å². The topological polar surface area (TPSA) is 36.9 Å². The number of hydrogen-bond acceptors (Lipinski definition) is 4. The van der Waals surface area contributed by atoms with E-state index in [1.54, 1.807) is 0 Å². The van der Waals surface area contributed by atoms with E-state index >= 15 is 0 Å². The second-order valence-electron chi connectivity index (χ2n) is 9.28.